The second-order valence-corrected chi connectivity index (χ2v) is 5.21. The lowest BCUT2D eigenvalue weighted by atomic mass is 9.96. The standard InChI is InChI=1S/C17H12F2O5/c18-17(19,16(21)22)24-11-6-7-12-13(20)9-14(23-15(12)8-11)10-4-2-1-3-5-10/h1-8,14H,9H2,(H,21,22)/p-1. The number of ether oxygens (including phenoxy) is 2. The summed E-state index contributed by atoms with van der Waals surface area (Å²) in [6, 6.07) is 12.4. The predicted octanol–water partition coefficient (Wildman–Crippen LogP) is 2.11. The molecule has 1 atom stereocenters. The maximum atomic E-state index is 13.1. The number of alkyl halides is 2. The van der Waals surface area contributed by atoms with Crippen LogP contribution >= 0.6 is 0 Å². The summed E-state index contributed by atoms with van der Waals surface area (Å²) in [6.07, 6.45) is -4.92. The number of hydrogen-bond donors (Lipinski definition) is 0. The van der Waals surface area contributed by atoms with Crippen molar-refractivity contribution in [3.8, 4) is 11.5 Å². The van der Waals surface area contributed by atoms with Crippen LogP contribution in [0, 0.1) is 0 Å². The monoisotopic (exact) mass is 333 g/mol. The second-order valence-electron chi connectivity index (χ2n) is 5.21. The summed E-state index contributed by atoms with van der Waals surface area (Å²) in [6.45, 7) is 0. The van der Waals surface area contributed by atoms with Gasteiger partial charge in [-0.2, -0.15) is 8.78 Å². The Morgan fingerprint density at radius 2 is 1.92 bits per heavy atom. The van der Waals surface area contributed by atoms with Gasteiger partial charge in [-0.25, -0.2) is 0 Å². The summed E-state index contributed by atoms with van der Waals surface area (Å²) in [5, 5.41) is 10.3. The molecule has 0 saturated heterocycles. The number of rotatable bonds is 4. The lowest BCUT2D eigenvalue weighted by Gasteiger charge is -2.26. The zero-order chi connectivity index (χ0) is 17.3. The maximum absolute atomic E-state index is 13.1. The van der Waals surface area contributed by atoms with Gasteiger partial charge in [-0.1, -0.05) is 30.3 Å². The van der Waals surface area contributed by atoms with Crippen LogP contribution in [0.2, 0.25) is 0 Å². The molecule has 0 bridgehead atoms. The van der Waals surface area contributed by atoms with Gasteiger partial charge < -0.3 is 19.4 Å². The number of carboxylic acids is 1. The van der Waals surface area contributed by atoms with Gasteiger partial charge in [-0.3, -0.25) is 4.79 Å². The highest BCUT2D eigenvalue weighted by atomic mass is 19.3. The number of carbonyl (C=O) groups excluding carboxylic acids is 2. The Morgan fingerprint density at radius 3 is 2.58 bits per heavy atom. The molecule has 24 heavy (non-hydrogen) atoms. The average molecular weight is 333 g/mol. The molecule has 0 saturated carbocycles. The summed E-state index contributed by atoms with van der Waals surface area (Å²) in [5.41, 5.74) is 0.995. The average Bonchev–Trinajstić information content (AvgIpc) is 2.54. The Labute approximate surface area is 135 Å². The van der Waals surface area contributed by atoms with Gasteiger partial charge in [0.25, 0.3) is 0 Å². The Kier molecular flexibility index (Phi) is 3.92. The number of benzene rings is 2. The minimum Gasteiger partial charge on any atom is -0.541 e. The van der Waals surface area contributed by atoms with Crippen molar-refractivity contribution < 1.29 is 33.0 Å². The normalized spacial score (nSPS) is 16.9. The molecule has 3 rings (SSSR count). The van der Waals surface area contributed by atoms with Crippen molar-refractivity contribution in [3.63, 3.8) is 0 Å². The molecule has 2 aromatic carbocycles. The summed E-state index contributed by atoms with van der Waals surface area (Å²) in [7, 11) is 0. The molecule has 0 aromatic heterocycles. The van der Waals surface area contributed by atoms with Crippen molar-refractivity contribution in [2.45, 2.75) is 18.6 Å². The van der Waals surface area contributed by atoms with E-state index in [9.17, 15) is 23.5 Å². The molecule has 5 nitrogen and oxygen atoms in total. The van der Waals surface area contributed by atoms with Gasteiger partial charge >= 0.3 is 6.11 Å². The SMILES string of the molecule is O=C1CC(c2ccccc2)Oc2cc(OC(F)(F)C(=O)[O-])ccc21. The van der Waals surface area contributed by atoms with E-state index in [0.29, 0.717) is 0 Å². The number of ketones is 1. The minimum atomic E-state index is -4.48. The van der Waals surface area contributed by atoms with Crippen molar-refractivity contribution in [2.24, 2.45) is 0 Å². The van der Waals surface area contributed by atoms with Gasteiger partial charge in [0.2, 0.25) is 0 Å². The van der Waals surface area contributed by atoms with Gasteiger partial charge in [0.05, 0.1) is 12.0 Å². The number of aliphatic carboxylic acids is 1. The van der Waals surface area contributed by atoms with Crippen molar-refractivity contribution in [3.05, 3.63) is 59.7 Å². The van der Waals surface area contributed by atoms with E-state index in [0.717, 1.165) is 17.7 Å². The zero-order valence-electron chi connectivity index (χ0n) is 12.2. The van der Waals surface area contributed by atoms with Crippen LogP contribution in [0.25, 0.3) is 0 Å². The van der Waals surface area contributed by atoms with Gasteiger partial charge in [0.1, 0.15) is 17.6 Å². The van der Waals surface area contributed by atoms with Crippen LogP contribution < -0.4 is 14.6 Å². The highest BCUT2D eigenvalue weighted by Gasteiger charge is 2.35. The van der Waals surface area contributed by atoms with Gasteiger partial charge in [-0.15, -0.1) is 0 Å². The van der Waals surface area contributed by atoms with Crippen molar-refractivity contribution in [2.75, 3.05) is 0 Å². The smallest absolute Gasteiger partial charge is 0.441 e. The maximum Gasteiger partial charge on any atom is 0.441 e. The van der Waals surface area contributed by atoms with E-state index in [-0.39, 0.29) is 23.5 Å². The fourth-order valence-corrected chi connectivity index (χ4v) is 2.41. The quantitative estimate of drug-likeness (QED) is 0.857. The molecule has 1 heterocycles. The number of fused-ring (bicyclic) bond motifs is 1. The zero-order valence-corrected chi connectivity index (χ0v) is 12.2. The molecule has 1 aliphatic heterocycles. The fraction of sp³-hybridized carbons (Fsp3) is 0.176. The van der Waals surface area contributed by atoms with Crippen LogP contribution in [-0.2, 0) is 4.79 Å². The van der Waals surface area contributed by atoms with Crippen LogP contribution in [-0.4, -0.2) is 17.9 Å². The summed E-state index contributed by atoms with van der Waals surface area (Å²) < 4.78 is 36.0. The molecular formula is C17H11F2O5-. The van der Waals surface area contributed by atoms with Gasteiger partial charge in [-0.05, 0) is 17.7 Å². The topological polar surface area (TPSA) is 75.7 Å². The van der Waals surface area contributed by atoms with Crippen molar-refractivity contribution in [1.29, 1.82) is 0 Å². The summed E-state index contributed by atoms with van der Waals surface area (Å²) >= 11 is 0. The first-order chi connectivity index (χ1) is 11.4. The minimum absolute atomic E-state index is 0.0618. The fourth-order valence-electron chi connectivity index (χ4n) is 2.41. The highest BCUT2D eigenvalue weighted by molar-refractivity contribution is 6.00. The lowest BCUT2D eigenvalue weighted by Crippen LogP contribution is -2.45. The van der Waals surface area contributed by atoms with E-state index in [1.54, 1.807) is 24.3 Å². The third kappa shape index (κ3) is 3.05. The third-order valence-corrected chi connectivity index (χ3v) is 3.55. The molecule has 0 aliphatic carbocycles. The van der Waals surface area contributed by atoms with E-state index >= 15 is 0 Å². The summed E-state index contributed by atoms with van der Waals surface area (Å²) in [5.74, 6) is -3.24. The van der Waals surface area contributed by atoms with E-state index in [1.807, 2.05) is 6.07 Å². The molecule has 124 valence electrons. The molecule has 1 aliphatic rings. The second kappa shape index (κ2) is 5.92. The summed E-state index contributed by atoms with van der Waals surface area (Å²) in [4.78, 5) is 22.5. The molecule has 7 heteroatoms. The molecule has 0 spiro atoms. The van der Waals surface area contributed by atoms with Crippen LogP contribution in [0.5, 0.6) is 11.5 Å². The van der Waals surface area contributed by atoms with Crippen molar-refractivity contribution in [1.82, 2.24) is 0 Å². The number of carboxylic acid groups (broad SMARTS) is 1. The van der Waals surface area contributed by atoms with Crippen LogP contribution in [0.4, 0.5) is 8.78 Å². The van der Waals surface area contributed by atoms with E-state index < -0.39 is 23.9 Å². The first-order valence-electron chi connectivity index (χ1n) is 7.04. The number of Topliss-reactive ketones (excluding diaryl/α,β-unsaturated/α-hetero) is 1. The number of hydrogen-bond acceptors (Lipinski definition) is 5. The Bertz CT molecular complexity index is 789. The Morgan fingerprint density at radius 1 is 1.21 bits per heavy atom. The molecule has 0 radical (unpaired) electrons. The van der Waals surface area contributed by atoms with Gasteiger partial charge in [0.15, 0.2) is 11.8 Å². The number of carbonyl (C=O) groups is 2. The molecule has 0 amide bonds. The molecule has 2 aromatic rings. The molecular weight excluding hydrogens is 322 g/mol. The Hall–Kier alpha value is -2.96. The van der Waals surface area contributed by atoms with Gasteiger partial charge in [0, 0.05) is 6.07 Å². The Balaban J connectivity index is 1.89. The number of halogens is 2. The van der Waals surface area contributed by atoms with Crippen LogP contribution in [0.1, 0.15) is 28.4 Å². The van der Waals surface area contributed by atoms with Crippen LogP contribution in [0.15, 0.2) is 48.5 Å². The first kappa shape index (κ1) is 15.9. The third-order valence-electron chi connectivity index (χ3n) is 3.55. The largest absolute Gasteiger partial charge is 0.541 e. The van der Waals surface area contributed by atoms with Crippen LogP contribution in [0.3, 0.4) is 0 Å². The lowest BCUT2D eigenvalue weighted by molar-refractivity contribution is -0.350. The highest BCUT2D eigenvalue weighted by Crippen LogP contribution is 2.37. The van der Waals surface area contributed by atoms with Crippen molar-refractivity contribution >= 4 is 11.8 Å². The van der Waals surface area contributed by atoms with E-state index in [1.165, 1.54) is 6.07 Å². The van der Waals surface area contributed by atoms with E-state index in [2.05, 4.69) is 4.74 Å². The van der Waals surface area contributed by atoms with E-state index in [4.69, 9.17) is 4.74 Å². The molecule has 0 N–H and O–H groups in total. The molecule has 0 fully saturated rings. The first-order valence-corrected chi connectivity index (χ1v) is 7.04. The molecule has 1 unspecified atom stereocenters. The predicted molar refractivity (Wildman–Crippen MR) is 75.8 cm³/mol.